The number of fused-ring (bicyclic) bond motifs is 3. The Balaban J connectivity index is 1.67. The van der Waals surface area contributed by atoms with Gasteiger partial charge in [0.1, 0.15) is 17.6 Å². The molecule has 0 radical (unpaired) electrons. The zero-order chi connectivity index (χ0) is 23.4. The number of amides is 1. The van der Waals surface area contributed by atoms with E-state index in [-0.39, 0.29) is 36.9 Å². The van der Waals surface area contributed by atoms with Crippen molar-refractivity contribution in [3.63, 3.8) is 0 Å². The molecule has 1 aliphatic carbocycles. The largest absolute Gasteiger partial charge is 0.496 e. The predicted molar refractivity (Wildman–Crippen MR) is 124 cm³/mol. The second kappa shape index (κ2) is 10.3. The van der Waals surface area contributed by atoms with E-state index in [1.807, 2.05) is 36.4 Å². The molecule has 1 N–H and O–H groups in total. The quantitative estimate of drug-likeness (QED) is 0.610. The lowest BCUT2D eigenvalue weighted by Gasteiger charge is -2.42. The average Bonchev–Trinajstić information content (AvgIpc) is 2.86. The fraction of sp³-hybridized carbons (Fsp3) is 0.462. The molecule has 33 heavy (non-hydrogen) atoms. The first-order valence-electron chi connectivity index (χ1n) is 11.4. The van der Waals surface area contributed by atoms with Gasteiger partial charge in [0.2, 0.25) is 5.91 Å². The Bertz CT molecular complexity index is 1020. The lowest BCUT2D eigenvalue weighted by molar-refractivity contribution is -0.141. The summed E-state index contributed by atoms with van der Waals surface area (Å²) in [4.78, 5) is 23.6. The molecule has 0 bridgehead atoms. The standard InChI is InChI=1S/C26H31NO6/c1-30-20-11-12-21(31-2)25-24(20)18-9-4-5-10-19(18)33-26(25)16-7-6-8-17(15-16)27-22(28)13-14-23(29)32-3/h6-8,11-12,15,18-19,26H,4-5,9-10,13-14H2,1-3H3,(H,27,28)/t18-,19-,26+/m1/s1. The lowest BCUT2D eigenvalue weighted by Crippen LogP contribution is -2.34. The van der Waals surface area contributed by atoms with E-state index < -0.39 is 5.97 Å². The smallest absolute Gasteiger partial charge is 0.306 e. The Morgan fingerprint density at radius 2 is 1.70 bits per heavy atom. The van der Waals surface area contributed by atoms with Gasteiger partial charge in [-0.15, -0.1) is 0 Å². The molecule has 3 atom stereocenters. The van der Waals surface area contributed by atoms with Gasteiger partial charge < -0.3 is 24.3 Å². The third-order valence-electron chi connectivity index (χ3n) is 6.55. The van der Waals surface area contributed by atoms with Crippen LogP contribution in [0.5, 0.6) is 11.5 Å². The summed E-state index contributed by atoms with van der Waals surface area (Å²) in [5.41, 5.74) is 3.75. The summed E-state index contributed by atoms with van der Waals surface area (Å²) in [5.74, 6) is 1.26. The molecule has 0 aromatic heterocycles. The van der Waals surface area contributed by atoms with Crippen molar-refractivity contribution in [1.29, 1.82) is 0 Å². The summed E-state index contributed by atoms with van der Waals surface area (Å²) in [7, 11) is 4.69. The minimum atomic E-state index is -0.408. The number of nitrogens with one attached hydrogen (secondary N) is 1. The molecule has 4 rings (SSSR count). The van der Waals surface area contributed by atoms with E-state index in [0.29, 0.717) is 5.69 Å². The highest BCUT2D eigenvalue weighted by atomic mass is 16.5. The molecule has 2 aromatic carbocycles. The van der Waals surface area contributed by atoms with Crippen LogP contribution >= 0.6 is 0 Å². The summed E-state index contributed by atoms with van der Waals surface area (Å²) in [5, 5.41) is 2.87. The van der Waals surface area contributed by atoms with Crippen LogP contribution in [0.3, 0.4) is 0 Å². The zero-order valence-corrected chi connectivity index (χ0v) is 19.4. The van der Waals surface area contributed by atoms with Gasteiger partial charge in [0.15, 0.2) is 0 Å². The van der Waals surface area contributed by atoms with Crippen LogP contribution in [0.15, 0.2) is 36.4 Å². The van der Waals surface area contributed by atoms with Crippen molar-refractivity contribution in [2.45, 2.75) is 56.7 Å². The molecular weight excluding hydrogens is 422 g/mol. The van der Waals surface area contributed by atoms with E-state index in [1.165, 1.54) is 19.1 Å². The number of carbonyl (C=O) groups is 2. The maximum absolute atomic E-state index is 12.3. The third-order valence-corrected chi connectivity index (χ3v) is 6.55. The van der Waals surface area contributed by atoms with E-state index >= 15 is 0 Å². The molecule has 0 spiro atoms. The summed E-state index contributed by atoms with van der Waals surface area (Å²) in [6, 6.07) is 11.6. The highest BCUT2D eigenvalue weighted by molar-refractivity contribution is 5.92. The number of methoxy groups -OCH3 is 3. The number of esters is 1. The molecule has 7 heteroatoms. The second-order valence-electron chi connectivity index (χ2n) is 8.49. The number of hydrogen-bond donors (Lipinski definition) is 1. The number of anilines is 1. The highest BCUT2D eigenvalue weighted by Crippen LogP contribution is 2.52. The van der Waals surface area contributed by atoms with Crippen LogP contribution in [0.2, 0.25) is 0 Å². The van der Waals surface area contributed by atoms with Crippen LogP contribution in [0, 0.1) is 0 Å². The first-order valence-corrected chi connectivity index (χ1v) is 11.4. The predicted octanol–water partition coefficient (Wildman–Crippen LogP) is 4.74. The van der Waals surface area contributed by atoms with Crippen molar-refractivity contribution in [1.82, 2.24) is 0 Å². The fourth-order valence-corrected chi connectivity index (χ4v) is 5.00. The summed E-state index contributed by atoms with van der Waals surface area (Å²) >= 11 is 0. The van der Waals surface area contributed by atoms with Crippen molar-refractivity contribution in [3.05, 3.63) is 53.1 Å². The Kier molecular flexibility index (Phi) is 7.18. The lowest BCUT2D eigenvalue weighted by atomic mass is 9.75. The normalized spacial score (nSPS) is 21.4. The number of rotatable bonds is 7. The molecule has 1 fully saturated rings. The number of benzene rings is 2. The molecule has 0 saturated heterocycles. The molecule has 1 aliphatic heterocycles. The van der Waals surface area contributed by atoms with Gasteiger partial charge >= 0.3 is 5.97 Å². The SMILES string of the molecule is COC(=O)CCC(=O)Nc1cccc([C@@H]2O[C@@H]3CCCC[C@H]3c3c(OC)ccc(OC)c32)c1. The molecule has 2 aliphatic rings. The maximum atomic E-state index is 12.3. The summed E-state index contributed by atoms with van der Waals surface area (Å²) in [6.45, 7) is 0. The average molecular weight is 454 g/mol. The van der Waals surface area contributed by atoms with Crippen LogP contribution < -0.4 is 14.8 Å². The first kappa shape index (κ1) is 23.1. The van der Waals surface area contributed by atoms with Crippen LogP contribution in [-0.2, 0) is 19.1 Å². The van der Waals surface area contributed by atoms with Gasteiger partial charge in [-0.3, -0.25) is 9.59 Å². The monoisotopic (exact) mass is 453 g/mol. The molecule has 176 valence electrons. The van der Waals surface area contributed by atoms with E-state index in [0.717, 1.165) is 41.9 Å². The number of ether oxygens (including phenoxy) is 4. The fourth-order valence-electron chi connectivity index (χ4n) is 5.00. The van der Waals surface area contributed by atoms with Gasteiger partial charge in [0, 0.05) is 29.2 Å². The van der Waals surface area contributed by atoms with Crippen LogP contribution in [0.4, 0.5) is 5.69 Å². The molecule has 1 amide bonds. The number of hydrogen-bond acceptors (Lipinski definition) is 6. The van der Waals surface area contributed by atoms with Crippen molar-refractivity contribution in [2.75, 3.05) is 26.6 Å². The van der Waals surface area contributed by atoms with Crippen molar-refractivity contribution >= 4 is 17.6 Å². The Labute approximate surface area is 194 Å². The Morgan fingerprint density at radius 1 is 0.970 bits per heavy atom. The van der Waals surface area contributed by atoms with Gasteiger partial charge in [-0.2, -0.15) is 0 Å². The van der Waals surface area contributed by atoms with E-state index in [4.69, 9.17) is 14.2 Å². The van der Waals surface area contributed by atoms with Crippen LogP contribution in [0.25, 0.3) is 0 Å². The van der Waals surface area contributed by atoms with Gasteiger partial charge in [-0.05, 0) is 42.7 Å². The van der Waals surface area contributed by atoms with Crippen molar-refractivity contribution in [2.24, 2.45) is 0 Å². The second-order valence-corrected chi connectivity index (χ2v) is 8.49. The van der Waals surface area contributed by atoms with E-state index in [9.17, 15) is 9.59 Å². The molecular formula is C26H31NO6. The Morgan fingerprint density at radius 3 is 2.42 bits per heavy atom. The molecule has 0 unspecified atom stereocenters. The van der Waals surface area contributed by atoms with Gasteiger partial charge in [-0.25, -0.2) is 0 Å². The molecule has 2 aromatic rings. The Hall–Kier alpha value is -3.06. The molecule has 1 saturated carbocycles. The van der Waals surface area contributed by atoms with Crippen molar-refractivity contribution in [3.8, 4) is 11.5 Å². The highest BCUT2D eigenvalue weighted by Gasteiger charge is 2.41. The van der Waals surface area contributed by atoms with Crippen molar-refractivity contribution < 1.29 is 28.5 Å². The maximum Gasteiger partial charge on any atom is 0.306 e. The van der Waals surface area contributed by atoms with Gasteiger partial charge in [-0.1, -0.05) is 25.0 Å². The molecule has 7 nitrogen and oxygen atoms in total. The zero-order valence-electron chi connectivity index (χ0n) is 19.4. The van der Waals surface area contributed by atoms with E-state index in [1.54, 1.807) is 14.2 Å². The van der Waals surface area contributed by atoms with Crippen LogP contribution in [0.1, 0.15) is 67.2 Å². The number of carbonyl (C=O) groups excluding carboxylic acids is 2. The van der Waals surface area contributed by atoms with Crippen LogP contribution in [-0.4, -0.2) is 39.3 Å². The van der Waals surface area contributed by atoms with E-state index in [2.05, 4.69) is 10.1 Å². The summed E-state index contributed by atoms with van der Waals surface area (Å²) in [6.07, 6.45) is 4.26. The van der Waals surface area contributed by atoms with Gasteiger partial charge in [0.25, 0.3) is 0 Å². The first-order chi connectivity index (χ1) is 16.0. The molecule has 1 heterocycles. The minimum Gasteiger partial charge on any atom is -0.496 e. The van der Waals surface area contributed by atoms with Gasteiger partial charge in [0.05, 0.1) is 33.9 Å². The third kappa shape index (κ3) is 4.83. The summed E-state index contributed by atoms with van der Waals surface area (Å²) < 4.78 is 22.8. The topological polar surface area (TPSA) is 83.1 Å². The minimum absolute atomic E-state index is 0.0429.